The molecule has 0 amide bonds. The van der Waals surface area contributed by atoms with E-state index in [1.54, 1.807) is 0 Å². The summed E-state index contributed by atoms with van der Waals surface area (Å²) in [6, 6.07) is 0. The minimum Gasteiger partial charge on any atom is -0.394 e. The smallest absolute Gasteiger partial charge is 0.0932 e. The Balaban J connectivity index is 2.25. The molecule has 1 fully saturated rings. The zero-order chi connectivity index (χ0) is 8.97. The molecule has 12 heavy (non-hydrogen) atoms. The van der Waals surface area contributed by atoms with E-state index >= 15 is 0 Å². The largest absolute Gasteiger partial charge is 0.394 e. The topological polar surface area (TPSA) is 32.7 Å². The Morgan fingerprint density at radius 2 is 2.33 bits per heavy atom. The van der Waals surface area contributed by atoms with Gasteiger partial charge in [0.25, 0.3) is 0 Å². The second-order valence-electron chi connectivity index (χ2n) is 3.83. The normalized spacial score (nSPS) is 26.5. The lowest BCUT2D eigenvalue weighted by Crippen LogP contribution is -2.45. The van der Waals surface area contributed by atoms with E-state index in [-0.39, 0.29) is 12.7 Å². The Morgan fingerprint density at radius 3 is 2.92 bits per heavy atom. The summed E-state index contributed by atoms with van der Waals surface area (Å²) in [5.74, 6) is 0.697. The van der Waals surface area contributed by atoms with Crippen LogP contribution in [0.4, 0.5) is 0 Å². The fraction of sp³-hybridized carbons (Fsp3) is 1.00. The molecule has 0 aromatic rings. The molecule has 0 aliphatic carbocycles. The van der Waals surface area contributed by atoms with Gasteiger partial charge in [-0.25, -0.2) is 0 Å². The average molecular weight is 173 g/mol. The number of ether oxygens (including phenoxy) is 1. The van der Waals surface area contributed by atoms with Crippen LogP contribution in [0.3, 0.4) is 0 Å². The predicted octanol–water partition coefficient (Wildman–Crippen LogP) is 0.336. The molecule has 1 atom stereocenters. The summed E-state index contributed by atoms with van der Waals surface area (Å²) in [5.41, 5.74) is 0. The third kappa shape index (κ3) is 3.09. The molecule has 0 saturated carbocycles. The van der Waals surface area contributed by atoms with Gasteiger partial charge in [0.2, 0.25) is 0 Å². The number of aliphatic hydroxyl groups is 1. The second kappa shape index (κ2) is 4.80. The molecule has 0 spiro atoms. The van der Waals surface area contributed by atoms with Crippen molar-refractivity contribution in [3.05, 3.63) is 0 Å². The standard InChI is InChI=1S/C9H19NO2/c1-8(2)5-10-3-4-12-9(6-10)7-11/h8-9,11H,3-7H2,1-2H3/t9-/m0/s1. The van der Waals surface area contributed by atoms with Crippen LogP contribution >= 0.6 is 0 Å². The predicted molar refractivity (Wildman–Crippen MR) is 48.1 cm³/mol. The minimum absolute atomic E-state index is 0.0394. The van der Waals surface area contributed by atoms with Crippen LogP contribution in [-0.4, -0.2) is 49.0 Å². The summed E-state index contributed by atoms with van der Waals surface area (Å²) >= 11 is 0. The Bertz CT molecular complexity index is 128. The number of hydrogen-bond acceptors (Lipinski definition) is 3. The zero-order valence-corrected chi connectivity index (χ0v) is 7.99. The van der Waals surface area contributed by atoms with Gasteiger partial charge in [-0.15, -0.1) is 0 Å². The first kappa shape index (κ1) is 9.96. The highest BCUT2D eigenvalue weighted by Crippen LogP contribution is 2.06. The number of rotatable bonds is 3. The average Bonchev–Trinajstić information content (AvgIpc) is 2.03. The van der Waals surface area contributed by atoms with E-state index in [1.165, 1.54) is 0 Å². The van der Waals surface area contributed by atoms with Crippen LogP contribution in [0.1, 0.15) is 13.8 Å². The quantitative estimate of drug-likeness (QED) is 0.668. The van der Waals surface area contributed by atoms with Crippen LogP contribution in [-0.2, 0) is 4.74 Å². The molecular formula is C9H19NO2. The van der Waals surface area contributed by atoms with Crippen molar-refractivity contribution < 1.29 is 9.84 Å². The second-order valence-corrected chi connectivity index (χ2v) is 3.83. The molecule has 72 valence electrons. The first-order valence-corrected chi connectivity index (χ1v) is 4.67. The molecule has 1 heterocycles. The van der Waals surface area contributed by atoms with Crippen molar-refractivity contribution in [2.45, 2.75) is 20.0 Å². The Hall–Kier alpha value is -0.120. The lowest BCUT2D eigenvalue weighted by Gasteiger charge is -2.32. The highest BCUT2D eigenvalue weighted by atomic mass is 16.5. The Morgan fingerprint density at radius 1 is 1.58 bits per heavy atom. The molecular weight excluding hydrogens is 154 g/mol. The van der Waals surface area contributed by atoms with E-state index in [9.17, 15) is 0 Å². The first-order chi connectivity index (χ1) is 5.72. The number of nitrogens with zero attached hydrogens (tertiary/aromatic N) is 1. The van der Waals surface area contributed by atoms with E-state index in [0.717, 1.165) is 26.2 Å². The monoisotopic (exact) mass is 173 g/mol. The molecule has 1 rings (SSSR count). The molecule has 0 radical (unpaired) electrons. The maximum atomic E-state index is 8.89. The van der Waals surface area contributed by atoms with E-state index in [0.29, 0.717) is 5.92 Å². The lowest BCUT2D eigenvalue weighted by atomic mass is 10.2. The van der Waals surface area contributed by atoms with Crippen molar-refractivity contribution in [1.82, 2.24) is 4.90 Å². The molecule has 1 saturated heterocycles. The van der Waals surface area contributed by atoms with Crippen molar-refractivity contribution >= 4 is 0 Å². The van der Waals surface area contributed by atoms with Crippen LogP contribution < -0.4 is 0 Å². The van der Waals surface area contributed by atoms with Gasteiger partial charge in [-0.1, -0.05) is 13.8 Å². The first-order valence-electron chi connectivity index (χ1n) is 4.67. The van der Waals surface area contributed by atoms with E-state index in [4.69, 9.17) is 9.84 Å². The molecule has 0 unspecified atom stereocenters. The van der Waals surface area contributed by atoms with Gasteiger partial charge in [-0.2, -0.15) is 0 Å². The van der Waals surface area contributed by atoms with Gasteiger partial charge in [0.15, 0.2) is 0 Å². The number of aliphatic hydroxyl groups excluding tert-OH is 1. The Labute approximate surface area is 74.3 Å². The van der Waals surface area contributed by atoms with Crippen molar-refractivity contribution in [1.29, 1.82) is 0 Å². The van der Waals surface area contributed by atoms with Gasteiger partial charge >= 0.3 is 0 Å². The van der Waals surface area contributed by atoms with Gasteiger partial charge in [0.1, 0.15) is 0 Å². The molecule has 0 bridgehead atoms. The fourth-order valence-electron chi connectivity index (χ4n) is 1.57. The van der Waals surface area contributed by atoms with Crippen molar-refractivity contribution in [3.63, 3.8) is 0 Å². The van der Waals surface area contributed by atoms with Crippen molar-refractivity contribution in [2.24, 2.45) is 5.92 Å². The van der Waals surface area contributed by atoms with Crippen molar-refractivity contribution in [2.75, 3.05) is 32.8 Å². The Kier molecular flexibility index (Phi) is 3.98. The summed E-state index contributed by atoms with van der Waals surface area (Å²) in [6.45, 7) is 8.34. The van der Waals surface area contributed by atoms with Gasteiger partial charge < -0.3 is 9.84 Å². The van der Waals surface area contributed by atoms with E-state index in [1.807, 2.05) is 0 Å². The van der Waals surface area contributed by atoms with Gasteiger partial charge in [0.05, 0.1) is 19.3 Å². The fourth-order valence-corrected chi connectivity index (χ4v) is 1.57. The SMILES string of the molecule is CC(C)CN1CCO[C@H](CO)C1. The summed E-state index contributed by atoms with van der Waals surface area (Å²) in [7, 11) is 0. The molecule has 3 heteroatoms. The third-order valence-corrected chi connectivity index (χ3v) is 2.05. The summed E-state index contributed by atoms with van der Waals surface area (Å²) in [5, 5.41) is 8.89. The minimum atomic E-state index is 0.0394. The summed E-state index contributed by atoms with van der Waals surface area (Å²) in [4.78, 5) is 2.36. The molecule has 1 aliphatic heterocycles. The number of hydrogen-bond donors (Lipinski definition) is 1. The van der Waals surface area contributed by atoms with E-state index in [2.05, 4.69) is 18.7 Å². The maximum Gasteiger partial charge on any atom is 0.0932 e. The zero-order valence-electron chi connectivity index (χ0n) is 7.99. The highest BCUT2D eigenvalue weighted by Gasteiger charge is 2.19. The van der Waals surface area contributed by atoms with E-state index < -0.39 is 0 Å². The number of morpholine rings is 1. The highest BCUT2D eigenvalue weighted by molar-refractivity contribution is 4.71. The third-order valence-electron chi connectivity index (χ3n) is 2.05. The summed E-state index contributed by atoms with van der Waals surface area (Å²) in [6.07, 6.45) is 0.0394. The van der Waals surface area contributed by atoms with Gasteiger partial charge in [-0.05, 0) is 5.92 Å². The van der Waals surface area contributed by atoms with Crippen LogP contribution in [0, 0.1) is 5.92 Å². The van der Waals surface area contributed by atoms with Crippen LogP contribution in [0.5, 0.6) is 0 Å². The molecule has 1 aliphatic rings. The molecule has 0 aromatic carbocycles. The van der Waals surface area contributed by atoms with Crippen LogP contribution in [0.15, 0.2) is 0 Å². The van der Waals surface area contributed by atoms with Crippen LogP contribution in [0.25, 0.3) is 0 Å². The molecule has 1 N–H and O–H groups in total. The summed E-state index contributed by atoms with van der Waals surface area (Å²) < 4.78 is 5.35. The van der Waals surface area contributed by atoms with Gasteiger partial charge in [0, 0.05) is 19.6 Å². The molecule has 3 nitrogen and oxygen atoms in total. The van der Waals surface area contributed by atoms with Crippen LogP contribution in [0.2, 0.25) is 0 Å². The molecule has 0 aromatic heterocycles. The van der Waals surface area contributed by atoms with Crippen molar-refractivity contribution in [3.8, 4) is 0 Å². The lowest BCUT2D eigenvalue weighted by molar-refractivity contribution is -0.0551. The van der Waals surface area contributed by atoms with Gasteiger partial charge in [-0.3, -0.25) is 4.90 Å². The maximum absolute atomic E-state index is 8.89.